The van der Waals surface area contributed by atoms with Crippen molar-refractivity contribution in [1.82, 2.24) is 14.5 Å². The molecule has 104 valence electrons. The van der Waals surface area contributed by atoms with E-state index in [-0.39, 0.29) is 4.75 Å². The summed E-state index contributed by atoms with van der Waals surface area (Å²) < 4.78 is 2.38. The van der Waals surface area contributed by atoms with Crippen molar-refractivity contribution < 1.29 is 0 Å². The number of hydrogen-bond donors (Lipinski definition) is 0. The Labute approximate surface area is 123 Å². The molecule has 0 bridgehead atoms. The van der Waals surface area contributed by atoms with Gasteiger partial charge in [-0.2, -0.15) is 11.8 Å². The Morgan fingerprint density at radius 1 is 1.42 bits per heavy atom. The van der Waals surface area contributed by atoms with E-state index < -0.39 is 0 Å². The number of fused-ring (bicyclic) bond motifs is 1. The van der Waals surface area contributed by atoms with Gasteiger partial charge in [0.2, 0.25) is 0 Å². The molecule has 0 spiro atoms. The molecule has 0 aliphatic carbocycles. The van der Waals surface area contributed by atoms with Gasteiger partial charge in [-0.15, -0.1) is 11.6 Å². The van der Waals surface area contributed by atoms with E-state index in [0.29, 0.717) is 5.88 Å². The fraction of sp³-hybridized carbons (Fsp3) is 0.571. The standard InChI is InChI=1S/C14H20ClN3S/c1-10-6-8-16-13-12(10)17-11(5-7-15)18(13)9-14(2,3)19-4/h6,8H,5,7,9H2,1-4H3. The van der Waals surface area contributed by atoms with Crippen molar-refractivity contribution in [3.8, 4) is 0 Å². The summed E-state index contributed by atoms with van der Waals surface area (Å²) in [6, 6.07) is 2.00. The van der Waals surface area contributed by atoms with E-state index in [9.17, 15) is 0 Å². The maximum absolute atomic E-state index is 5.90. The van der Waals surface area contributed by atoms with E-state index in [0.717, 1.165) is 30.0 Å². The normalized spacial score (nSPS) is 12.3. The number of imidazole rings is 1. The molecule has 0 radical (unpaired) electrons. The maximum atomic E-state index is 5.90. The van der Waals surface area contributed by atoms with E-state index >= 15 is 0 Å². The van der Waals surface area contributed by atoms with E-state index in [1.54, 1.807) is 0 Å². The first-order chi connectivity index (χ1) is 8.98. The highest BCUT2D eigenvalue weighted by molar-refractivity contribution is 7.99. The van der Waals surface area contributed by atoms with Crippen LogP contribution < -0.4 is 0 Å². The lowest BCUT2D eigenvalue weighted by atomic mass is 10.2. The topological polar surface area (TPSA) is 30.7 Å². The lowest BCUT2D eigenvalue weighted by Crippen LogP contribution is -2.24. The molecule has 2 aromatic rings. The lowest BCUT2D eigenvalue weighted by molar-refractivity contribution is 0.559. The molecule has 0 amide bonds. The second-order valence-corrected chi connectivity index (χ2v) is 7.21. The van der Waals surface area contributed by atoms with Crippen LogP contribution in [0.25, 0.3) is 11.2 Å². The maximum Gasteiger partial charge on any atom is 0.160 e. The third kappa shape index (κ3) is 3.06. The summed E-state index contributed by atoms with van der Waals surface area (Å²) in [7, 11) is 0. The summed E-state index contributed by atoms with van der Waals surface area (Å²) in [5.74, 6) is 1.62. The van der Waals surface area contributed by atoms with Gasteiger partial charge in [0.25, 0.3) is 0 Å². The minimum atomic E-state index is 0.153. The van der Waals surface area contributed by atoms with E-state index in [2.05, 4.69) is 36.6 Å². The monoisotopic (exact) mass is 297 g/mol. The van der Waals surface area contributed by atoms with Crippen LogP contribution in [0.5, 0.6) is 0 Å². The number of halogens is 1. The number of hydrogen-bond acceptors (Lipinski definition) is 3. The number of aryl methyl sites for hydroxylation is 2. The van der Waals surface area contributed by atoms with E-state index in [1.165, 1.54) is 5.56 Å². The predicted octanol–water partition coefficient (Wildman–Crippen LogP) is 3.66. The molecule has 0 aromatic carbocycles. The van der Waals surface area contributed by atoms with Gasteiger partial charge in [0, 0.05) is 29.8 Å². The predicted molar refractivity (Wildman–Crippen MR) is 84.3 cm³/mol. The Morgan fingerprint density at radius 2 is 2.16 bits per heavy atom. The number of nitrogens with zero attached hydrogens (tertiary/aromatic N) is 3. The summed E-state index contributed by atoms with van der Waals surface area (Å²) in [6.07, 6.45) is 4.77. The van der Waals surface area contributed by atoms with Gasteiger partial charge in [-0.3, -0.25) is 0 Å². The molecule has 0 fully saturated rings. The molecule has 3 nitrogen and oxygen atoms in total. The molecule has 0 aliphatic rings. The van der Waals surface area contributed by atoms with Crippen molar-refractivity contribution in [2.24, 2.45) is 0 Å². The molecular weight excluding hydrogens is 278 g/mol. The third-order valence-corrected chi connectivity index (χ3v) is 4.75. The van der Waals surface area contributed by atoms with Gasteiger partial charge in [-0.25, -0.2) is 9.97 Å². The van der Waals surface area contributed by atoms with Gasteiger partial charge in [0.1, 0.15) is 11.3 Å². The zero-order valence-corrected chi connectivity index (χ0v) is 13.5. The third-order valence-electron chi connectivity index (χ3n) is 3.32. The van der Waals surface area contributed by atoms with Crippen LogP contribution in [0.3, 0.4) is 0 Å². The van der Waals surface area contributed by atoms with Crippen LogP contribution in [0.2, 0.25) is 0 Å². The van der Waals surface area contributed by atoms with Crippen molar-refractivity contribution in [3.05, 3.63) is 23.7 Å². The van der Waals surface area contributed by atoms with Crippen molar-refractivity contribution in [2.75, 3.05) is 12.1 Å². The molecular formula is C14H20ClN3S. The van der Waals surface area contributed by atoms with Gasteiger partial charge < -0.3 is 4.57 Å². The van der Waals surface area contributed by atoms with Crippen LogP contribution in [0.1, 0.15) is 25.2 Å². The fourth-order valence-electron chi connectivity index (χ4n) is 2.07. The zero-order chi connectivity index (χ0) is 14.0. The van der Waals surface area contributed by atoms with Crippen LogP contribution in [0, 0.1) is 6.92 Å². The van der Waals surface area contributed by atoms with Gasteiger partial charge >= 0.3 is 0 Å². The van der Waals surface area contributed by atoms with Crippen LogP contribution in [-0.2, 0) is 13.0 Å². The Hall–Kier alpha value is -0.740. The average molecular weight is 298 g/mol. The van der Waals surface area contributed by atoms with E-state index in [1.807, 2.05) is 24.0 Å². The van der Waals surface area contributed by atoms with Gasteiger partial charge in [-0.1, -0.05) is 0 Å². The summed E-state index contributed by atoms with van der Waals surface area (Å²) in [5, 5.41) is 0. The van der Waals surface area contributed by atoms with Crippen molar-refractivity contribution >= 4 is 34.5 Å². The molecule has 19 heavy (non-hydrogen) atoms. The summed E-state index contributed by atoms with van der Waals surface area (Å²) in [5.41, 5.74) is 3.14. The smallest absolute Gasteiger partial charge is 0.160 e. The lowest BCUT2D eigenvalue weighted by Gasteiger charge is -2.23. The van der Waals surface area contributed by atoms with Gasteiger partial charge in [0.15, 0.2) is 5.65 Å². The molecule has 2 rings (SSSR count). The molecule has 0 atom stereocenters. The minimum Gasteiger partial charge on any atom is -0.311 e. The van der Waals surface area contributed by atoms with Crippen LogP contribution in [0.4, 0.5) is 0 Å². The Morgan fingerprint density at radius 3 is 2.79 bits per heavy atom. The SMILES string of the molecule is CSC(C)(C)Cn1c(CCCl)nc2c(C)ccnc21. The first kappa shape index (κ1) is 14.7. The average Bonchev–Trinajstić information content (AvgIpc) is 2.70. The molecule has 0 aliphatic heterocycles. The van der Waals surface area contributed by atoms with Gasteiger partial charge in [-0.05, 0) is 38.7 Å². The number of thioether (sulfide) groups is 1. The Balaban J connectivity index is 2.55. The molecule has 5 heteroatoms. The van der Waals surface area contributed by atoms with Gasteiger partial charge in [0.05, 0.1) is 0 Å². The quantitative estimate of drug-likeness (QED) is 0.789. The van der Waals surface area contributed by atoms with Crippen LogP contribution in [0.15, 0.2) is 12.3 Å². The Kier molecular flexibility index (Phi) is 4.41. The molecule has 2 aromatic heterocycles. The number of alkyl halides is 1. The largest absolute Gasteiger partial charge is 0.311 e. The van der Waals surface area contributed by atoms with Crippen LogP contribution >= 0.6 is 23.4 Å². The summed E-state index contributed by atoms with van der Waals surface area (Å²) in [6.45, 7) is 7.45. The molecule has 0 saturated heterocycles. The van der Waals surface area contributed by atoms with Crippen molar-refractivity contribution in [1.29, 1.82) is 0 Å². The second-order valence-electron chi connectivity index (χ2n) is 5.32. The number of aromatic nitrogens is 3. The second kappa shape index (κ2) is 5.71. The summed E-state index contributed by atoms with van der Waals surface area (Å²) >= 11 is 7.76. The molecule has 0 unspecified atom stereocenters. The number of rotatable bonds is 5. The summed E-state index contributed by atoms with van der Waals surface area (Å²) in [4.78, 5) is 9.24. The van der Waals surface area contributed by atoms with E-state index in [4.69, 9.17) is 16.6 Å². The fourth-order valence-corrected chi connectivity index (χ4v) is 2.50. The van der Waals surface area contributed by atoms with Crippen molar-refractivity contribution in [2.45, 2.75) is 38.5 Å². The highest BCUT2D eigenvalue weighted by Gasteiger charge is 2.21. The molecule has 0 N–H and O–H groups in total. The van der Waals surface area contributed by atoms with Crippen LogP contribution in [-0.4, -0.2) is 31.4 Å². The molecule has 0 saturated carbocycles. The Bertz CT molecular complexity index is 577. The first-order valence-corrected chi connectivity index (χ1v) is 8.16. The highest BCUT2D eigenvalue weighted by atomic mass is 35.5. The number of pyridine rings is 1. The highest BCUT2D eigenvalue weighted by Crippen LogP contribution is 2.27. The molecule has 2 heterocycles. The zero-order valence-electron chi connectivity index (χ0n) is 11.9. The minimum absolute atomic E-state index is 0.153. The van der Waals surface area contributed by atoms with Crippen molar-refractivity contribution in [3.63, 3.8) is 0 Å². The first-order valence-electron chi connectivity index (χ1n) is 6.40.